The number of nitrogens with zero attached hydrogens (tertiary/aromatic N) is 3. The quantitative estimate of drug-likeness (QED) is 0.352. The summed E-state index contributed by atoms with van der Waals surface area (Å²) >= 11 is 0. The van der Waals surface area contributed by atoms with Crippen LogP contribution in [-0.2, 0) is 24.5 Å². The predicted octanol–water partition coefficient (Wildman–Crippen LogP) is 2.93. The number of hydrogen-bond donors (Lipinski definition) is 2. The van der Waals surface area contributed by atoms with Crippen molar-refractivity contribution in [1.82, 2.24) is 20.4 Å². The molecule has 1 fully saturated rings. The zero-order valence-corrected chi connectivity index (χ0v) is 17.6. The molecule has 150 valence electrons. The number of guanidine groups is 1. The fourth-order valence-electron chi connectivity index (χ4n) is 3.09. The highest BCUT2D eigenvalue weighted by Gasteiger charge is 2.37. The Hall–Kier alpha value is -1.04. The molecule has 0 bridgehead atoms. The first-order chi connectivity index (χ1) is 11.8. The van der Waals surface area contributed by atoms with Crippen LogP contribution in [0.4, 0.5) is 13.2 Å². The highest BCUT2D eigenvalue weighted by molar-refractivity contribution is 14.0. The van der Waals surface area contributed by atoms with Crippen LogP contribution in [0.3, 0.4) is 0 Å². The van der Waals surface area contributed by atoms with Gasteiger partial charge in [0.05, 0.1) is 0 Å². The molecule has 0 radical (unpaired) electrons. The molecule has 10 heteroatoms. The standard InChI is InChI=1S/C16H26F3N5O.HI/c1-20-14(22-11-15(5-4-6-15)7-8-25-3)21-9-12-10-24(2)23-13(12)16(17,18)19;/h10H,4-9,11H2,1-3H3,(H2,20,21,22);1H. The van der Waals surface area contributed by atoms with Gasteiger partial charge in [-0.25, -0.2) is 0 Å². The van der Waals surface area contributed by atoms with Crippen molar-refractivity contribution in [3.63, 3.8) is 0 Å². The van der Waals surface area contributed by atoms with Gasteiger partial charge in [-0.05, 0) is 24.7 Å². The summed E-state index contributed by atoms with van der Waals surface area (Å²) in [6, 6.07) is 0. The number of aromatic nitrogens is 2. The number of methoxy groups -OCH3 is 1. The molecule has 1 aromatic rings. The maximum atomic E-state index is 13.0. The Bertz CT molecular complexity index is 599. The number of alkyl halides is 3. The van der Waals surface area contributed by atoms with Gasteiger partial charge < -0.3 is 15.4 Å². The minimum absolute atomic E-state index is 0. The fraction of sp³-hybridized carbons (Fsp3) is 0.750. The van der Waals surface area contributed by atoms with E-state index >= 15 is 0 Å². The van der Waals surface area contributed by atoms with E-state index in [0.717, 1.165) is 25.8 Å². The Morgan fingerprint density at radius 3 is 2.58 bits per heavy atom. The smallest absolute Gasteiger partial charge is 0.385 e. The number of aliphatic imine (C=N–C) groups is 1. The Labute approximate surface area is 169 Å². The second kappa shape index (κ2) is 9.77. The minimum atomic E-state index is -4.47. The minimum Gasteiger partial charge on any atom is -0.385 e. The molecular formula is C16H27F3IN5O. The molecule has 0 atom stereocenters. The molecule has 1 saturated carbocycles. The van der Waals surface area contributed by atoms with Crippen LogP contribution < -0.4 is 10.6 Å². The summed E-state index contributed by atoms with van der Waals surface area (Å²) < 4.78 is 45.3. The second-order valence-electron chi connectivity index (χ2n) is 6.55. The average molecular weight is 489 g/mol. The van der Waals surface area contributed by atoms with E-state index in [1.54, 1.807) is 14.2 Å². The molecule has 0 saturated heterocycles. The summed E-state index contributed by atoms with van der Waals surface area (Å²) in [5.41, 5.74) is -0.580. The molecule has 1 aliphatic carbocycles. The summed E-state index contributed by atoms with van der Waals surface area (Å²) in [5, 5.41) is 9.68. The van der Waals surface area contributed by atoms with Gasteiger partial charge in [-0.2, -0.15) is 18.3 Å². The van der Waals surface area contributed by atoms with Crippen molar-refractivity contribution in [2.24, 2.45) is 17.5 Å². The van der Waals surface area contributed by atoms with E-state index in [1.165, 1.54) is 24.3 Å². The number of nitrogens with one attached hydrogen (secondary N) is 2. The molecule has 1 aliphatic rings. The van der Waals surface area contributed by atoms with Gasteiger partial charge in [-0.3, -0.25) is 9.67 Å². The maximum absolute atomic E-state index is 13.0. The first kappa shape index (κ1) is 23.0. The van der Waals surface area contributed by atoms with Crippen molar-refractivity contribution >= 4 is 29.9 Å². The van der Waals surface area contributed by atoms with Crippen LogP contribution in [0.5, 0.6) is 0 Å². The molecule has 0 aliphatic heterocycles. The number of ether oxygens (including phenoxy) is 1. The van der Waals surface area contributed by atoms with Crippen molar-refractivity contribution in [2.45, 2.75) is 38.4 Å². The van der Waals surface area contributed by atoms with E-state index < -0.39 is 11.9 Å². The van der Waals surface area contributed by atoms with E-state index in [4.69, 9.17) is 4.74 Å². The number of rotatable bonds is 7. The van der Waals surface area contributed by atoms with Gasteiger partial charge in [0.15, 0.2) is 11.7 Å². The third-order valence-electron chi connectivity index (χ3n) is 4.72. The largest absolute Gasteiger partial charge is 0.435 e. The zero-order valence-electron chi connectivity index (χ0n) is 15.3. The van der Waals surface area contributed by atoms with E-state index in [0.29, 0.717) is 12.6 Å². The van der Waals surface area contributed by atoms with Crippen LogP contribution in [0.25, 0.3) is 0 Å². The molecule has 0 unspecified atom stereocenters. The Balaban J connectivity index is 0.00000338. The third kappa shape index (κ3) is 6.00. The SMILES string of the molecule is CN=C(NCc1cn(C)nc1C(F)(F)F)NCC1(CCOC)CCC1.I. The van der Waals surface area contributed by atoms with Gasteiger partial charge in [0.25, 0.3) is 0 Å². The monoisotopic (exact) mass is 489 g/mol. The normalized spacial score (nSPS) is 16.6. The van der Waals surface area contributed by atoms with Crippen molar-refractivity contribution < 1.29 is 17.9 Å². The van der Waals surface area contributed by atoms with Crippen LogP contribution in [0.1, 0.15) is 36.9 Å². The van der Waals surface area contributed by atoms with Gasteiger partial charge in [0.2, 0.25) is 0 Å². The molecule has 0 spiro atoms. The lowest BCUT2D eigenvalue weighted by Crippen LogP contribution is -2.46. The topological polar surface area (TPSA) is 63.5 Å². The first-order valence-electron chi connectivity index (χ1n) is 8.33. The van der Waals surface area contributed by atoms with Crippen LogP contribution in [0.15, 0.2) is 11.2 Å². The van der Waals surface area contributed by atoms with Crippen LogP contribution in [0.2, 0.25) is 0 Å². The lowest BCUT2D eigenvalue weighted by molar-refractivity contribution is -0.142. The lowest BCUT2D eigenvalue weighted by atomic mass is 9.67. The first-order valence-corrected chi connectivity index (χ1v) is 8.33. The lowest BCUT2D eigenvalue weighted by Gasteiger charge is -2.42. The number of aryl methyl sites for hydroxylation is 1. The van der Waals surface area contributed by atoms with Gasteiger partial charge >= 0.3 is 6.18 Å². The molecule has 2 rings (SSSR count). The van der Waals surface area contributed by atoms with Crippen LogP contribution >= 0.6 is 24.0 Å². The third-order valence-corrected chi connectivity index (χ3v) is 4.72. The predicted molar refractivity (Wildman–Crippen MR) is 105 cm³/mol. The van der Waals surface area contributed by atoms with Crippen LogP contribution in [-0.4, -0.2) is 43.0 Å². The second-order valence-corrected chi connectivity index (χ2v) is 6.55. The molecule has 26 heavy (non-hydrogen) atoms. The summed E-state index contributed by atoms with van der Waals surface area (Å²) in [6.45, 7) is 1.45. The van der Waals surface area contributed by atoms with Crippen LogP contribution in [0, 0.1) is 5.41 Å². The van der Waals surface area contributed by atoms with Gasteiger partial charge in [0, 0.05) is 52.7 Å². The van der Waals surface area contributed by atoms with Gasteiger partial charge in [-0.1, -0.05) is 6.42 Å². The van der Waals surface area contributed by atoms with Crippen molar-refractivity contribution in [1.29, 1.82) is 0 Å². The maximum Gasteiger partial charge on any atom is 0.435 e. The molecule has 0 amide bonds. The zero-order chi connectivity index (χ0) is 18.5. The van der Waals surface area contributed by atoms with E-state index in [9.17, 15) is 13.2 Å². The average Bonchev–Trinajstić information content (AvgIpc) is 2.90. The summed E-state index contributed by atoms with van der Waals surface area (Å²) in [6.07, 6.45) is 1.32. The van der Waals surface area contributed by atoms with Crippen molar-refractivity contribution in [3.8, 4) is 0 Å². The molecule has 0 aromatic carbocycles. The Morgan fingerprint density at radius 1 is 1.38 bits per heavy atom. The number of hydrogen-bond acceptors (Lipinski definition) is 3. The summed E-state index contributed by atoms with van der Waals surface area (Å²) in [7, 11) is 4.76. The molecule has 1 heterocycles. The van der Waals surface area contributed by atoms with E-state index in [1.807, 2.05) is 0 Å². The van der Waals surface area contributed by atoms with E-state index in [-0.39, 0.29) is 41.5 Å². The molecule has 2 N–H and O–H groups in total. The van der Waals surface area contributed by atoms with Gasteiger partial charge in [0.1, 0.15) is 0 Å². The Morgan fingerprint density at radius 2 is 2.08 bits per heavy atom. The summed E-state index contributed by atoms with van der Waals surface area (Å²) in [5.74, 6) is 0.487. The van der Waals surface area contributed by atoms with Gasteiger partial charge in [-0.15, -0.1) is 24.0 Å². The molecule has 6 nitrogen and oxygen atoms in total. The highest BCUT2D eigenvalue weighted by Crippen LogP contribution is 2.43. The van der Waals surface area contributed by atoms with Crippen molar-refractivity contribution in [2.75, 3.05) is 27.3 Å². The Kier molecular flexibility index (Phi) is 8.64. The van der Waals surface area contributed by atoms with Crippen molar-refractivity contribution in [3.05, 3.63) is 17.5 Å². The van der Waals surface area contributed by atoms with E-state index in [2.05, 4.69) is 20.7 Å². The fourth-order valence-corrected chi connectivity index (χ4v) is 3.09. The number of halogens is 4. The summed E-state index contributed by atoms with van der Waals surface area (Å²) in [4.78, 5) is 4.10. The molecule has 1 aromatic heterocycles. The highest BCUT2D eigenvalue weighted by atomic mass is 127. The molecular weight excluding hydrogens is 462 g/mol.